The zero-order valence-corrected chi connectivity index (χ0v) is 9.57. The second-order valence-electron chi connectivity index (χ2n) is 3.23. The second kappa shape index (κ2) is 6.00. The molecule has 1 unspecified atom stereocenters. The maximum absolute atomic E-state index is 9.40. The molecule has 1 aromatic rings. The highest BCUT2D eigenvalue weighted by atomic mass is 35.5. The first-order valence-electron chi connectivity index (χ1n) is 4.87. The van der Waals surface area contributed by atoms with E-state index in [1.165, 1.54) is 0 Å². The van der Waals surface area contributed by atoms with Gasteiger partial charge in [0.15, 0.2) is 0 Å². The van der Waals surface area contributed by atoms with Gasteiger partial charge in [0, 0.05) is 11.1 Å². The van der Waals surface area contributed by atoms with E-state index in [4.69, 9.17) is 20.9 Å². The van der Waals surface area contributed by atoms with E-state index in [0.717, 1.165) is 6.42 Å². The van der Waals surface area contributed by atoms with Crippen LogP contribution in [-0.4, -0.2) is 18.4 Å². The summed E-state index contributed by atoms with van der Waals surface area (Å²) in [6.07, 6.45) is 0.786. The Bertz CT molecular complexity index is 291. The lowest BCUT2D eigenvalue weighted by molar-refractivity contribution is 0.133. The maximum atomic E-state index is 9.40. The summed E-state index contributed by atoms with van der Waals surface area (Å²) in [4.78, 5) is 0. The van der Waals surface area contributed by atoms with Crippen LogP contribution >= 0.6 is 11.6 Å². The van der Waals surface area contributed by atoms with Crippen LogP contribution in [0.4, 0.5) is 0 Å². The SMILES string of the molecule is CCC(C)OB(O)Oc1ccc(Cl)cc1. The summed E-state index contributed by atoms with van der Waals surface area (Å²) in [7, 11) is -1.24. The molecule has 0 aliphatic heterocycles. The number of halogens is 1. The first-order valence-corrected chi connectivity index (χ1v) is 5.25. The van der Waals surface area contributed by atoms with Crippen molar-refractivity contribution in [3.05, 3.63) is 29.3 Å². The van der Waals surface area contributed by atoms with Gasteiger partial charge in [-0.15, -0.1) is 0 Å². The molecule has 15 heavy (non-hydrogen) atoms. The molecular weight excluding hydrogens is 214 g/mol. The van der Waals surface area contributed by atoms with E-state index in [-0.39, 0.29) is 6.10 Å². The normalized spacial score (nSPS) is 12.3. The van der Waals surface area contributed by atoms with Crippen LogP contribution in [0.5, 0.6) is 5.75 Å². The van der Waals surface area contributed by atoms with Crippen LogP contribution < -0.4 is 4.65 Å². The molecule has 82 valence electrons. The minimum Gasteiger partial charge on any atom is -0.512 e. The van der Waals surface area contributed by atoms with Crippen LogP contribution in [0, 0.1) is 0 Å². The van der Waals surface area contributed by atoms with E-state index in [1.54, 1.807) is 24.3 Å². The molecule has 0 bridgehead atoms. The van der Waals surface area contributed by atoms with Crippen LogP contribution in [0.15, 0.2) is 24.3 Å². The highest BCUT2D eigenvalue weighted by Crippen LogP contribution is 2.16. The van der Waals surface area contributed by atoms with E-state index in [1.807, 2.05) is 13.8 Å². The fourth-order valence-electron chi connectivity index (χ4n) is 0.952. The summed E-state index contributed by atoms with van der Waals surface area (Å²) >= 11 is 5.71. The summed E-state index contributed by atoms with van der Waals surface area (Å²) in [6, 6.07) is 6.72. The Balaban J connectivity index is 2.44. The highest BCUT2D eigenvalue weighted by molar-refractivity contribution is 6.35. The largest absolute Gasteiger partial charge is 0.710 e. The Morgan fingerprint density at radius 2 is 2.00 bits per heavy atom. The summed E-state index contributed by atoms with van der Waals surface area (Å²) in [5.74, 6) is 0.523. The van der Waals surface area contributed by atoms with Gasteiger partial charge in [-0.05, 0) is 37.6 Å². The standard InChI is InChI=1S/C10H14BClO3/c1-3-8(2)14-11(13)15-10-6-4-9(12)5-7-10/h4-8,13H,3H2,1-2H3. The molecular formula is C10H14BClO3. The molecule has 3 nitrogen and oxygen atoms in total. The molecule has 1 aromatic carbocycles. The molecule has 0 fully saturated rings. The Labute approximate surface area is 95.1 Å². The molecule has 1 rings (SSSR count). The Morgan fingerprint density at radius 1 is 1.40 bits per heavy atom. The van der Waals surface area contributed by atoms with Crippen molar-refractivity contribution in [2.45, 2.75) is 26.4 Å². The van der Waals surface area contributed by atoms with Crippen molar-refractivity contribution in [3.8, 4) is 5.75 Å². The van der Waals surface area contributed by atoms with Crippen molar-refractivity contribution in [1.82, 2.24) is 0 Å². The van der Waals surface area contributed by atoms with Crippen LogP contribution in [0.3, 0.4) is 0 Å². The van der Waals surface area contributed by atoms with Gasteiger partial charge in [0.25, 0.3) is 0 Å². The molecule has 0 aliphatic rings. The first-order chi connectivity index (χ1) is 7.11. The van der Waals surface area contributed by atoms with E-state index in [9.17, 15) is 5.02 Å². The van der Waals surface area contributed by atoms with Gasteiger partial charge in [-0.2, -0.15) is 0 Å². The van der Waals surface area contributed by atoms with Crippen LogP contribution in [-0.2, 0) is 4.65 Å². The van der Waals surface area contributed by atoms with Crippen molar-refractivity contribution < 1.29 is 14.3 Å². The predicted octanol–water partition coefficient (Wildman–Crippen LogP) is 2.51. The van der Waals surface area contributed by atoms with E-state index in [0.29, 0.717) is 10.8 Å². The average molecular weight is 228 g/mol. The minimum absolute atomic E-state index is 0.0349. The van der Waals surface area contributed by atoms with Crippen molar-refractivity contribution in [3.63, 3.8) is 0 Å². The van der Waals surface area contributed by atoms with Gasteiger partial charge >= 0.3 is 7.32 Å². The molecule has 0 spiro atoms. The van der Waals surface area contributed by atoms with Crippen LogP contribution in [0.1, 0.15) is 20.3 Å². The predicted molar refractivity (Wildman–Crippen MR) is 60.9 cm³/mol. The fourth-order valence-corrected chi connectivity index (χ4v) is 1.08. The number of hydrogen-bond donors (Lipinski definition) is 1. The minimum atomic E-state index is -1.24. The zero-order valence-electron chi connectivity index (χ0n) is 8.81. The Morgan fingerprint density at radius 3 is 2.53 bits per heavy atom. The number of hydrogen-bond acceptors (Lipinski definition) is 3. The van der Waals surface area contributed by atoms with Gasteiger partial charge in [0.05, 0.1) is 0 Å². The summed E-state index contributed by atoms with van der Waals surface area (Å²) in [6.45, 7) is 3.84. The van der Waals surface area contributed by atoms with Crippen molar-refractivity contribution in [2.24, 2.45) is 0 Å². The fraction of sp³-hybridized carbons (Fsp3) is 0.400. The Kier molecular flexibility index (Phi) is 4.95. The van der Waals surface area contributed by atoms with Crippen LogP contribution in [0.25, 0.3) is 0 Å². The molecule has 0 aliphatic carbocycles. The molecule has 0 radical (unpaired) electrons. The topological polar surface area (TPSA) is 38.7 Å². The lowest BCUT2D eigenvalue weighted by Crippen LogP contribution is -2.30. The molecule has 0 heterocycles. The van der Waals surface area contributed by atoms with Crippen LogP contribution in [0.2, 0.25) is 5.02 Å². The smallest absolute Gasteiger partial charge is 0.512 e. The van der Waals surface area contributed by atoms with Gasteiger partial charge in [0.2, 0.25) is 0 Å². The third kappa shape index (κ3) is 4.56. The van der Waals surface area contributed by atoms with Gasteiger partial charge in [-0.1, -0.05) is 18.5 Å². The first kappa shape index (κ1) is 12.4. The molecule has 0 aromatic heterocycles. The third-order valence-electron chi connectivity index (χ3n) is 1.97. The van der Waals surface area contributed by atoms with E-state index >= 15 is 0 Å². The van der Waals surface area contributed by atoms with Crippen molar-refractivity contribution in [2.75, 3.05) is 0 Å². The lowest BCUT2D eigenvalue weighted by Gasteiger charge is -2.14. The molecule has 1 atom stereocenters. The maximum Gasteiger partial charge on any atom is 0.710 e. The quantitative estimate of drug-likeness (QED) is 0.787. The van der Waals surface area contributed by atoms with Gasteiger partial charge in [-0.3, -0.25) is 0 Å². The molecule has 0 amide bonds. The molecule has 0 saturated heterocycles. The third-order valence-corrected chi connectivity index (χ3v) is 2.23. The summed E-state index contributed by atoms with van der Waals surface area (Å²) in [5, 5.41) is 10.0. The zero-order chi connectivity index (χ0) is 11.3. The van der Waals surface area contributed by atoms with Crippen molar-refractivity contribution >= 4 is 18.9 Å². The van der Waals surface area contributed by atoms with Gasteiger partial charge < -0.3 is 14.3 Å². The lowest BCUT2D eigenvalue weighted by atomic mass is 10.2. The second-order valence-corrected chi connectivity index (χ2v) is 3.67. The van der Waals surface area contributed by atoms with Gasteiger partial charge in [0.1, 0.15) is 5.75 Å². The monoisotopic (exact) mass is 228 g/mol. The highest BCUT2D eigenvalue weighted by Gasteiger charge is 2.20. The molecule has 0 saturated carbocycles. The number of rotatable bonds is 5. The van der Waals surface area contributed by atoms with Gasteiger partial charge in [-0.25, -0.2) is 0 Å². The average Bonchev–Trinajstić information content (AvgIpc) is 2.21. The van der Waals surface area contributed by atoms with E-state index in [2.05, 4.69) is 0 Å². The molecule has 5 heteroatoms. The number of benzene rings is 1. The summed E-state index contributed by atoms with van der Waals surface area (Å²) in [5.41, 5.74) is 0. The van der Waals surface area contributed by atoms with Crippen molar-refractivity contribution in [1.29, 1.82) is 0 Å². The Hall–Kier alpha value is -0.705. The molecule has 1 N–H and O–H groups in total. The van der Waals surface area contributed by atoms with E-state index < -0.39 is 7.32 Å². The summed E-state index contributed by atoms with van der Waals surface area (Å²) < 4.78 is 10.3.